The van der Waals surface area contributed by atoms with Gasteiger partial charge in [-0.05, 0) is 29.8 Å². The second-order valence-corrected chi connectivity index (χ2v) is 7.54. The summed E-state index contributed by atoms with van der Waals surface area (Å²) in [5, 5.41) is 10.6. The Kier molecular flexibility index (Phi) is 5.24. The number of anilines is 1. The van der Waals surface area contributed by atoms with E-state index in [9.17, 15) is 14.0 Å². The van der Waals surface area contributed by atoms with Crippen molar-refractivity contribution in [2.75, 3.05) is 5.32 Å². The van der Waals surface area contributed by atoms with Gasteiger partial charge in [0.05, 0.1) is 5.52 Å². The van der Waals surface area contributed by atoms with Crippen molar-refractivity contribution in [1.29, 1.82) is 0 Å². The number of hydrogen-bond donors (Lipinski definition) is 2. The van der Waals surface area contributed by atoms with Crippen LogP contribution < -0.4 is 5.32 Å². The predicted molar refractivity (Wildman–Crippen MR) is 126 cm³/mol. The summed E-state index contributed by atoms with van der Waals surface area (Å²) in [5.41, 5.74) is 3.93. The van der Waals surface area contributed by atoms with Gasteiger partial charge in [-0.3, -0.25) is 14.7 Å². The van der Waals surface area contributed by atoms with Crippen molar-refractivity contribution in [3.05, 3.63) is 108 Å². The molecule has 0 radical (unpaired) electrons. The molecule has 4 aromatic carbocycles. The van der Waals surface area contributed by atoms with Crippen molar-refractivity contribution in [3.63, 3.8) is 0 Å². The standard InChI is InChI=1S/C27H18FN3O2/c28-23-15-19(11-13-21(23)17-7-3-1-4-8-17)25-22-16-20(12-14-24(22)30-31-25)29-27(33)26(32)18-9-5-2-6-10-18/h1-16H,(H,29,33)(H,30,31). The van der Waals surface area contributed by atoms with Gasteiger partial charge in [0.15, 0.2) is 0 Å². The highest BCUT2D eigenvalue weighted by Gasteiger charge is 2.17. The maximum Gasteiger partial charge on any atom is 0.296 e. The van der Waals surface area contributed by atoms with E-state index in [0.717, 1.165) is 11.1 Å². The molecule has 5 nitrogen and oxygen atoms in total. The summed E-state index contributed by atoms with van der Waals surface area (Å²) in [6.45, 7) is 0. The molecule has 160 valence electrons. The van der Waals surface area contributed by atoms with E-state index in [4.69, 9.17) is 0 Å². The van der Waals surface area contributed by atoms with Crippen LogP contribution in [0.25, 0.3) is 33.3 Å². The van der Waals surface area contributed by atoms with Crippen molar-refractivity contribution in [3.8, 4) is 22.4 Å². The summed E-state index contributed by atoms with van der Waals surface area (Å²) in [6, 6.07) is 27.8. The summed E-state index contributed by atoms with van der Waals surface area (Å²) in [7, 11) is 0. The molecule has 1 heterocycles. The number of H-pyrrole nitrogens is 1. The van der Waals surface area contributed by atoms with E-state index in [2.05, 4.69) is 15.5 Å². The first-order valence-electron chi connectivity index (χ1n) is 10.3. The SMILES string of the molecule is O=C(Nc1ccc2[nH]nc(-c3ccc(-c4ccccc4)c(F)c3)c2c1)C(=O)c1ccccc1. The Morgan fingerprint density at radius 1 is 0.788 bits per heavy atom. The van der Waals surface area contributed by atoms with Crippen LogP contribution in [0.5, 0.6) is 0 Å². The molecular weight excluding hydrogens is 417 g/mol. The normalized spacial score (nSPS) is 10.8. The van der Waals surface area contributed by atoms with Gasteiger partial charge in [-0.25, -0.2) is 4.39 Å². The third-order valence-electron chi connectivity index (χ3n) is 5.39. The molecule has 6 heteroatoms. The number of aromatic nitrogens is 2. The number of amides is 1. The zero-order valence-electron chi connectivity index (χ0n) is 17.4. The van der Waals surface area contributed by atoms with E-state index >= 15 is 0 Å². The molecule has 0 aliphatic rings. The molecular formula is C27H18FN3O2. The number of fused-ring (bicyclic) bond motifs is 1. The van der Waals surface area contributed by atoms with Crippen LogP contribution in [0, 0.1) is 5.82 Å². The Hall–Kier alpha value is -4.58. The monoisotopic (exact) mass is 435 g/mol. The number of benzene rings is 4. The first kappa shape index (κ1) is 20.3. The highest BCUT2D eigenvalue weighted by Crippen LogP contribution is 2.32. The Labute approximate surface area is 188 Å². The fraction of sp³-hybridized carbons (Fsp3) is 0. The van der Waals surface area contributed by atoms with E-state index < -0.39 is 11.7 Å². The number of Topliss-reactive ketones (excluding diaryl/α,β-unsaturated/α-hetero) is 1. The molecule has 0 saturated heterocycles. The molecule has 2 N–H and O–H groups in total. The lowest BCUT2D eigenvalue weighted by Crippen LogP contribution is -2.22. The summed E-state index contributed by atoms with van der Waals surface area (Å²) in [5.74, 6) is -1.71. The average molecular weight is 435 g/mol. The number of hydrogen-bond acceptors (Lipinski definition) is 3. The maximum absolute atomic E-state index is 14.9. The third kappa shape index (κ3) is 4.02. The Balaban J connectivity index is 1.45. The minimum absolute atomic E-state index is 0.314. The zero-order chi connectivity index (χ0) is 22.8. The second-order valence-electron chi connectivity index (χ2n) is 7.54. The average Bonchev–Trinajstić information content (AvgIpc) is 3.28. The number of ketones is 1. The van der Waals surface area contributed by atoms with Gasteiger partial charge in [0.1, 0.15) is 11.5 Å². The fourth-order valence-corrected chi connectivity index (χ4v) is 3.73. The number of halogens is 1. The van der Waals surface area contributed by atoms with Gasteiger partial charge < -0.3 is 5.32 Å². The van der Waals surface area contributed by atoms with Crippen LogP contribution in [0.1, 0.15) is 10.4 Å². The van der Waals surface area contributed by atoms with Crippen LogP contribution in [0.2, 0.25) is 0 Å². The quantitative estimate of drug-likeness (QED) is 0.268. The lowest BCUT2D eigenvalue weighted by Gasteiger charge is -2.07. The van der Waals surface area contributed by atoms with E-state index in [-0.39, 0.29) is 5.82 Å². The topological polar surface area (TPSA) is 74.8 Å². The van der Waals surface area contributed by atoms with Crippen LogP contribution >= 0.6 is 0 Å². The minimum Gasteiger partial charge on any atom is -0.319 e. The lowest BCUT2D eigenvalue weighted by molar-refractivity contribution is -0.112. The maximum atomic E-state index is 14.9. The van der Waals surface area contributed by atoms with Gasteiger partial charge in [-0.2, -0.15) is 5.10 Å². The molecule has 0 saturated carbocycles. The lowest BCUT2D eigenvalue weighted by atomic mass is 10.0. The fourth-order valence-electron chi connectivity index (χ4n) is 3.73. The molecule has 0 unspecified atom stereocenters. The van der Waals surface area contributed by atoms with Gasteiger partial charge in [-0.1, -0.05) is 72.8 Å². The summed E-state index contributed by atoms with van der Waals surface area (Å²) >= 11 is 0. The summed E-state index contributed by atoms with van der Waals surface area (Å²) < 4.78 is 14.9. The van der Waals surface area contributed by atoms with Gasteiger partial charge in [0.25, 0.3) is 11.7 Å². The molecule has 0 atom stereocenters. The Bertz CT molecular complexity index is 1480. The minimum atomic E-state index is -0.733. The van der Waals surface area contributed by atoms with Gasteiger partial charge in [-0.15, -0.1) is 0 Å². The molecule has 5 aromatic rings. The van der Waals surface area contributed by atoms with E-state index in [1.807, 2.05) is 36.4 Å². The number of nitrogens with one attached hydrogen (secondary N) is 2. The molecule has 0 bridgehead atoms. The number of carbonyl (C=O) groups is 2. The van der Waals surface area contributed by atoms with Crippen molar-refractivity contribution < 1.29 is 14.0 Å². The number of carbonyl (C=O) groups excluding carboxylic acids is 2. The van der Waals surface area contributed by atoms with Gasteiger partial charge in [0, 0.05) is 27.8 Å². The van der Waals surface area contributed by atoms with E-state index in [0.29, 0.717) is 33.5 Å². The second kappa shape index (κ2) is 8.51. The Morgan fingerprint density at radius 2 is 1.52 bits per heavy atom. The zero-order valence-corrected chi connectivity index (χ0v) is 17.4. The molecule has 0 fully saturated rings. The molecule has 0 aliphatic carbocycles. The van der Waals surface area contributed by atoms with Gasteiger partial charge in [0.2, 0.25) is 0 Å². The van der Waals surface area contributed by atoms with E-state index in [1.54, 1.807) is 54.6 Å². The van der Waals surface area contributed by atoms with Crippen LogP contribution in [0.15, 0.2) is 97.1 Å². The van der Waals surface area contributed by atoms with Crippen LogP contribution in [0.3, 0.4) is 0 Å². The largest absolute Gasteiger partial charge is 0.319 e. The number of rotatable bonds is 5. The first-order valence-corrected chi connectivity index (χ1v) is 10.3. The molecule has 1 aromatic heterocycles. The summed E-state index contributed by atoms with van der Waals surface area (Å²) in [4.78, 5) is 24.8. The van der Waals surface area contributed by atoms with Crippen LogP contribution in [-0.4, -0.2) is 21.9 Å². The Morgan fingerprint density at radius 3 is 2.24 bits per heavy atom. The van der Waals surface area contributed by atoms with E-state index in [1.165, 1.54) is 6.07 Å². The van der Waals surface area contributed by atoms with Crippen molar-refractivity contribution in [2.24, 2.45) is 0 Å². The van der Waals surface area contributed by atoms with Crippen LogP contribution in [-0.2, 0) is 4.79 Å². The molecule has 5 rings (SSSR count). The third-order valence-corrected chi connectivity index (χ3v) is 5.39. The van der Waals surface area contributed by atoms with Gasteiger partial charge >= 0.3 is 0 Å². The highest BCUT2D eigenvalue weighted by atomic mass is 19.1. The molecule has 0 spiro atoms. The predicted octanol–water partition coefficient (Wildman–Crippen LogP) is 5.86. The van der Waals surface area contributed by atoms with Crippen molar-refractivity contribution >= 4 is 28.3 Å². The van der Waals surface area contributed by atoms with Crippen LogP contribution in [0.4, 0.5) is 10.1 Å². The molecule has 1 amide bonds. The highest BCUT2D eigenvalue weighted by molar-refractivity contribution is 6.46. The first-order chi connectivity index (χ1) is 16.1. The smallest absolute Gasteiger partial charge is 0.296 e. The molecule has 33 heavy (non-hydrogen) atoms. The van der Waals surface area contributed by atoms with Crippen molar-refractivity contribution in [1.82, 2.24) is 10.2 Å². The number of nitrogens with zero attached hydrogens (tertiary/aromatic N) is 1. The number of aromatic amines is 1. The molecule has 0 aliphatic heterocycles. The van der Waals surface area contributed by atoms with Crippen molar-refractivity contribution in [2.45, 2.75) is 0 Å². The summed E-state index contributed by atoms with van der Waals surface area (Å²) in [6.07, 6.45) is 0.